The van der Waals surface area contributed by atoms with Crippen LogP contribution in [0.1, 0.15) is 24.8 Å². The molecule has 3 heterocycles. The summed E-state index contributed by atoms with van der Waals surface area (Å²) in [6, 6.07) is 10.2. The van der Waals surface area contributed by atoms with Gasteiger partial charge in [-0.05, 0) is 61.1 Å². The molecule has 3 fully saturated rings. The van der Waals surface area contributed by atoms with E-state index < -0.39 is 0 Å². The van der Waals surface area contributed by atoms with Crippen LogP contribution in [-0.2, 0) is 4.79 Å². The number of piperidine rings is 2. The number of likely N-dealkylation sites (N-methyl/N-ethyl adjacent to an activating group) is 1. The molecule has 7 heteroatoms. The van der Waals surface area contributed by atoms with Gasteiger partial charge in [0.25, 0.3) is 0 Å². The molecule has 5 rings (SSSR count). The third-order valence-electron chi connectivity index (χ3n) is 6.11. The average molecular weight is 393 g/mol. The van der Waals surface area contributed by atoms with Crippen molar-refractivity contribution in [2.24, 2.45) is 5.92 Å². The van der Waals surface area contributed by atoms with Crippen molar-refractivity contribution in [1.29, 1.82) is 0 Å². The predicted molar refractivity (Wildman–Crippen MR) is 114 cm³/mol. The van der Waals surface area contributed by atoms with Crippen LogP contribution >= 0.6 is 0 Å². The number of hydrogen-bond acceptors (Lipinski definition) is 6. The fraction of sp³-hybridized carbons (Fsp3) is 0.409. The number of nitrogens with one attached hydrogen (secondary N) is 2. The fourth-order valence-corrected chi connectivity index (χ4v) is 4.38. The molecule has 3 N–H and O–H groups in total. The number of aromatic hydroxyl groups is 1. The van der Waals surface area contributed by atoms with Gasteiger partial charge in [-0.2, -0.15) is 0 Å². The quantitative estimate of drug-likeness (QED) is 0.675. The van der Waals surface area contributed by atoms with E-state index in [1.807, 2.05) is 18.2 Å². The third-order valence-corrected chi connectivity index (χ3v) is 6.11. The summed E-state index contributed by atoms with van der Waals surface area (Å²) in [5, 5.41) is 25.3. The normalized spacial score (nSPS) is 23.3. The van der Waals surface area contributed by atoms with Crippen molar-refractivity contribution in [1.82, 2.24) is 20.8 Å². The van der Waals surface area contributed by atoms with Gasteiger partial charge in [0, 0.05) is 44.4 Å². The van der Waals surface area contributed by atoms with Gasteiger partial charge in [0.05, 0.1) is 5.69 Å². The zero-order valence-corrected chi connectivity index (χ0v) is 16.8. The molecule has 1 amide bonds. The minimum absolute atomic E-state index is 0.107. The molecule has 1 aromatic carbocycles. The van der Waals surface area contributed by atoms with Gasteiger partial charge in [-0.1, -0.05) is 6.07 Å². The fourth-order valence-electron chi connectivity index (χ4n) is 4.38. The highest BCUT2D eigenvalue weighted by molar-refractivity contribution is 5.91. The van der Waals surface area contributed by atoms with E-state index in [0.717, 1.165) is 24.3 Å². The first kappa shape index (κ1) is 19.4. The zero-order valence-electron chi connectivity index (χ0n) is 16.8. The van der Waals surface area contributed by atoms with Crippen molar-refractivity contribution >= 4 is 17.8 Å². The van der Waals surface area contributed by atoms with E-state index in [-0.39, 0.29) is 11.7 Å². The Morgan fingerprint density at radius 2 is 2.14 bits per heavy atom. The molecule has 2 saturated heterocycles. The lowest BCUT2D eigenvalue weighted by Crippen LogP contribution is -2.56. The minimum Gasteiger partial charge on any atom is -0.507 e. The third kappa shape index (κ3) is 4.10. The second-order valence-corrected chi connectivity index (χ2v) is 7.86. The Morgan fingerprint density at radius 3 is 2.72 bits per heavy atom. The molecular weight excluding hydrogens is 366 g/mol. The van der Waals surface area contributed by atoms with Crippen LogP contribution in [0.4, 0.5) is 5.82 Å². The van der Waals surface area contributed by atoms with Crippen molar-refractivity contribution in [2.45, 2.75) is 31.3 Å². The first-order valence-electron chi connectivity index (χ1n) is 10.1. The monoisotopic (exact) mass is 393 g/mol. The van der Waals surface area contributed by atoms with Crippen LogP contribution in [0, 0.1) is 5.92 Å². The largest absolute Gasteiger partial charge is 0.507 e. The Kier molecular flexibility index (Phi) is 5.49. The van der Waals surface area contributed by atoms with Crippen LogP contribution in [0.2, 0.25) is 0 Å². The SMILES string of the molecule is CNC(=O)/C=C/c1ccc(-c2ccc(N(C)[C@H]3CC4CCC3CN4)nn2)c(O)c1. The molecule has 3 aliphatic rings. The molecule has 2 bridgehead atoms. The van der Waals surface area contributed by atoms with Crippen LogP contribution in [0.5, 0.6) is 5.75 Å². The lowest BCUT2D eigenvalue weighted by molar-refractivity contribution is -0.115. The Bertz CT molecular complexity index is 904. The molecule has 1 saturated carbocycles. The molecule has 29 heavy (non-hydrogen) atoms. The second kappa shape index (κ2) is 8.21. The van der Waals surface area contributed by atoms with Gasteiger partial charge in [-0.15, -0.1) is 10.2 Å². The maximum atomic E-state index is 11.3. The van der Waals surface area contributed by atoms with Crippen molar-refractivity contribution in [2.75, 3.05) is 25.5 Å². The second-order valence-electron chi connectivity index (χ2n) is 7.86. The van der Waals surface area contributed by atoms with Gasteiger partial charge in [0.1, 0.15) is 5.75 Å². The number of amides is 1. The first-order chi connectivity index (χ1) is 14.0. The molecule has 3 atom stereocenters. The maximum absolute atomic E-state index is 11.3. The van der Waals surface area contributed by atoms with Gasteiger partial charge < -0.3 is 20.6 Å². The highest BCUT2D eigenvalue weighted by Crippen LogP contribution is 2.34. The lowest BCUT2D eigenvalue weighted by atomic mass is 9.77. The van der Waals surface area contributed by atoms with E-state index in [4.69, 9.17) is 0 Å². The summed E-state index contributed by atoms with van der Waals surface area (Å²) < 4.78 is 0. The van der Waals surface area contributed by atoms with Crippen molar-refractivity contribution in [3.63, 3.8) is 0 Å². The van der Waals surface area contributed by atoms with Crippen molar-refractivity contribution in [3.05, 3.63) is 42.0 Å². The number of carbonyl (C=O) groups is 1. The number of rotatable bonds is 5. The molecular formula is C22H27N5O2. The first-order valence-corrected chi connectivity index (χ1v) is 10.1. The Hall–Kier alpha value is -2.93. The molecule has 2 aliphatic heterocycles. The molecule has 7 nitrogen and oxygen atoms in total. The van der Waals surface area contributed by atoms with E-state index in [0.29, 0.717) is 29.3 Å². The molecule has 0 radical (unpaired) electrons. The lowest BCUT2D eigenvalue weighted by Gasteiger charge is -2.47. The maximum Gasteiger partial charge on any atom is 0.243 e. The Morgan fingerprint density at radius 1 is 1.28 bits per heavy atom. The summed E-state index contributed by atoms with van der Waals surface area (Å²) in [5.74, 6) is 1.43. The summed E-state index contributed by atoms with van der Waals surface area (Å²) in [5.41, 5.74) is 1.97. The zero-order chi connectivity index (χ0) is 20.4. The molecule has 0 spiro atoms. The van der Waals surface area contributed by atoms with Gasteiger partial charge in [0.15, 0.2) is 5.82 Å². The molecule has 1 aromatic heterocycles. The number of hydrogen-bond donors (Lipinski definition) is 3. The number of phenols is 1. The highest BCUT2D eigenvalue weighted by Gasteiger charge is 2.37. The minimum atomic E-state index is -0.193. The topological polar surface area (TPSA) is 90.4 Å². The summed E-state index contributed by atoms with van der Waals surface area (Å²) in [6.07, 6.45) is 6.77. The number of benzene rings is 1. The van der Waals surface area contributed by atoms with E-state index in [1.54, 1.807) is 25.3 Å². The van der Waals surface area contributed by atoms with Gasteiger partial charge in [-0.3, -0.25) is 4.79 Å². The van der Waals surface area contributed by atoms with Crippen LogP contribution in [0.25, 0.3) is 17.3 Å². The summed E-state index contributed by atoms with van der Waals surface area (Å²) in [7, 11) is 3.67. The van der Waals surface area contributed by atoms with Gasteiger partial charge in [0.2, 0.25) is 5.91 Å². The molecule has 2 aromatic rings. The van der Waals surface area contributed by atoms with Crippen molar-refractivity contribution < 1.29 is 9.90 Å². The number of aromatic nitrogens is 2. The van der Waals surface area contributed by atoms with Crippen LogP contribution in [0.15, 0.2) is 36.4 Å². The van der Waals surface area contributed by atoms with Gasteiger partial charge in [-0.25, -0.2) is 0 Å². The Labute approximate surface area is 170 Å². The van der Waals surface area contributed by atoms with Crippen LogP contribution in [0.3, 0.4) is 0 Å². The van der Waals surface area contributed by atoms with Gasteiger partial charge >= 0.3 is 0 Å². The van der Waals surface area contributed by atoms with E-state index >= 15 is 0 Å². The number of nitrogens with zero attached hydrogens (tertiary/aromatic N) is 3. The van der Waals surface area contributed by atoms with Crippen molar-refractivity contribution in [3.8, 4) is 17.0 Å². The standard InChI is InChI=1S/C22H27N5O2/c1-23-22(29)10-4-14-3-7-17(20(28)11-14)18-8-9-21(26-25-18)27(2)19-12-16-6-5-15(19)13-24-16/h3-4,7-11,15-16,19,24,28H,5-6,12-13H2,1-2H3,(H,23,29)/b10-4+/t15?,16?,19-/m0/s1. The smallest absolute Gasteiger partial charge is 0.243 e. The summed E-state index contributed by atoms with van der Waals surface area (Å²) in [4.78, 5) is 13.6. The van der Waals surface area contributed by atoms with E-state index in [2.05, 4.69) is 32.8 Å². The van der Waals surface area contributed by atoms with Crippen LogP contribution < -0.4 is 15.5 Å². The average Bonchev–Trinajstić information content (AvgIpc) is 2.78. The van der Waals surface area contributed by atoms with E-state index in [9.17, 15) is 9.90 Å². The number of carbonyl (C=O) groups excluding carboxylic acids is 1. The Balaban J connectivity index is 1.49. The predicted octanol–water partition coefficient (Wildman–Crippen LogP) is 2.19. The number of fused-ring (bicyclic) bond motifs is 3. The number of phenolic OH excluding ortho intramolecular Hbond substituents is 1. The molecule has 2 unspecified atom stereocenters. The highest BCUT2D eigenvalue weighted by atomic mass is 16.3. The summed E-state index contributed by atoms with van der Waals surface area (Å²) >= 11 is 0. The van der Waals surface area contributed by atoms with E-state index in [1.165, 1.54) is 18.9 Å². The molecule has 152 valence electrons. The number of anilines is 1. The molecule has 1 aliphatic carbocycles. The summed E-state index contributed by atoms with van der Waals surface area (Å²) in [6.45, 7) is 1.08. The van der Waals surface area contributed by atoms with Crippen LogP contribution in [-0.4, -0.2) is 53.9 Å².